The molecule has 0 spiro atoms. The molecule has 0 saturated heterocycles. The van der Waals surface area contributed by atoms with E-state index >= 15 is 0 Å². The maximum Gasteiger partial charge on any atom is 0.193 e. The number of aliphatic imine (C=N–C) groups is 1. The summed E-state index contributed by atoms with van der Waals surface area (Å²) in [5.74, 6) is 1.71. The highest BCUT2D eigenvalue weighted by molar-refractivity contribution is 5.93. The van der Waals surface area contributed by atoms with Crippen LogP contribution in [-0.4, -0.2) is 24.7 Å². The number of benzene rings is 1. The average Bonchev–Trinajstić information content (AvgIpc) is 2.90. The molecule has 0 bridgehead atoms. The Kier molecular flexibility index (Phi) is 4.71. The predicted octanol–water partition coefficient (Wildman–Crippen LogP) is 1.97. The summed E-state index contributed by atoms with van der Waals surface area (Å²) < 4.78 is 12.5. The van der Waals surface area contributed by atoms with Gasteiger partial charge in [0.15, 0.2) is 5.96 Å². The second-order valence-corrected chi connectivity index (χ2v) is 4.50. The molecule has 21 heavy (non-hydrogen) atoms. The molecule has 0 aliphatic carbocycles. The van der Waals surface area contributed by atoms with Crippen molar-refractivity contribution in [2.75, 3.05) is 19.5 Å². The van der Waals surface area contributed by atoms with Crippen molar-refractivity contribution in [1.82, 2.24) is 4.57 Å². The summed E-state index contributed by atoms with van der Waals surface area (Å²) in [7, 11) is 5.18. The van der Waals surface area contributed by atoms with Gasteiger partial charge in [-0.15, -0.1) is 0 Å². The van der Waals surface area contributed by atoms with Crippen molar-refractivity contribution in [2.45, 2.75) is 6.54 Å². The van der Waals surface area contributed by atoms with Gasteiger partial charge in [0.2, 0.25) is 0 Å². The first-order valence-electron chi connectivity index (χ1n) is 6.53. The van der Waals surface area contributed by atoms with Gasteiger partial charge in [0.05, 0.1) is 26.5 Å². The SMILES string of the molecule is COc1ccc(OC)c(NC(N)=NCc2cccn2C)c1. The third kappa shape index (κ3) is 3.68. The molecule has 0 aliphatic heterocycles. The van der Waals surface area contributed by atoms with Gasteiger partial charge in [-0.2, -0.15) is 0 Å². The van der Waals surface area contributed by atoms with E-state index in [1.54, 1.807) is 14.2 Å². The van der Waals surface area contributed by atoms with Crippen LogP contribution in [0, 0.1) is 0 Å². The van der Waals surface area contributed by atoms with E-state index in [1.165, 1.54) is 0 Å². The van der Waals surface area contributed by atoms with E-state index in [0.29, 0.717) is 29.7 Å². The summed E-state index contributed by atoms with van der Waals surface area (Å²) in [6.07, 6.45) is 1.97. The number of nitrogens with two attached hydrogens (primary N) is 1. The number of ether oxygens (including phenoxy) is 2. The van der Waals surface area contributed by atoms with E-state index in [9.17, 15) is 0 Å². The Bertz CT molecular complexity index is 634. The molecule has 3 N–H and O–H groups in total. The number of hydrogen-bond acceptors (Lipinski definition) is 3. The van der Waals surface area contributed by atoms with Gasteiger partial charge in [-0.25, -0.2) is 4.99 Å². The van der Waals surface area contributed by atoms with Crippen molar-refractivity contribution in [3.05, 3.63) is 42.2 Å². The third-order valence-electron chi connectivity index (χ3n) is 3.13. The van der Waals surface area contributed by atoms with Crippen LogP contribution in [-0.2, 0) is 13.6 Å². The Labute approximate surface area is 124 Å². The topological polar surface area (TPSA) is 73.8 Å². The first-order valence-corrected chi connectivity index (χ1v) is 6.53. The van der Waals surface area contributed by atoms with Gasteiger partial charge in [-0.1, -0.05) is 0 Å². The second-order valence-electron chi connectivity index (χ2n) is 4.50. The van der Waals surface area contributed by atoms with Crippen molar-refractivity contribution in [1.29, 1.82) is 0 Å². The van der Waals surface area contributed by atoms with E-state index in [2.05, 4.69) is 10.3 Å². The maximum atomic E-state index is 5.92. The fourth-order valence-electron chi connectivity index (χ4n) is 1.92. The Morgan fingerprint density at radius 3 is 2.71 bits per heavy atom. The molecule has 0 unspecified atom stereocenters. The Morgan fingerprint density at radius 1 is 1.29 bits per heavy atom. The van der Waals surface area contributed by atoms with Crippen molar-refractivity contribution in [3.63, 3.8) is 0 Å². The predicted molar refractivity (Wildman–Crippen MR) is 83.9 cm³/mol. The summed E-state index contributed by atoms with van der Waals surface area (Å²) in [4.78, 5) is 4.32. The van der Waals surface area contributed by atoms with Gasteiger partial charge < -0.3 is 25.1 Å². The lowest BCUT2D eigenvalue weighted by molar-refractivity contribution is 0.405. The summed E-state index contributed by atoms with van der Waals surface area (Å²) in [6, 6.07) is 9.42. The van der Waals surface area contributed by atoms with Gasteiger partial charge in [0, 0.05) is 25.0 Å². The Balaban J connectivity index is 2.11. The van der Waals surface area contributed by atoms with Crippen LogP contribution in [0.3, 0.4) is 0 Å². The average molecular weight is 288 g/mol. The molecule has 1 aromatic carbocycles. The number of anilines is 1. The van der Waals surface area contributed by atoms with Crippen molar-refractivity contribution in [3.8, 4) is 11.5 Å². The number of rotatable bonds is 5. The standard InChI is InChI=1S/C15H20N4O2/c1-19-8-4-5-11(19)10-17-15(16)18-13-9-12(20-2)6-7-14(13)21-3/h4-9H,10H2,1-3H3,(H3,16,17,18). The highest BCUT2D eigenvalue weighted by atomic mass is 16.5. The molecule has 6 nitrogen and oxygen atoms in total. The van der Waals surface area contributed by atoms with E-state index in [1.807, 2.05) is 48.1 Å². The molecule has 0 amide bonds. The van der Waals surface area contributed by atoms with Crippen LogP contribution in [0.1, 0.15) is 5.69 Å². The van der Waals surface area contributed by atoms with Gasteiger partial charge in [0.1, 0.15) is 11.5 Å². The van der Waals surface area contributed by atoms with Crippen LogP contribution < -0.4 is 20.5 Å². The van der Waals surface area contributed by atoms with Gasteiger partial charge in [-0.05, 0) is 24.3 Å². The van der Waals surface area contributed by atoms with Crippen LogP contribution in [0.4, 0.5) is 5.69 Å². The van der Waals surface area contributed by atoms with Crippen molar-refractivity contribution < 1.29 is 9.47 Å². The van der Waals surface area contributed by atoms with Crippen LogP contribution >= 0.6 is 0 Å². The van der Waals surface area contributed by atoms with Gasteiger partial charge in [0.25, 0.3) is 0 Å². The summed E-state index contributed by atoms with van der Waals surface area (Å²) >= 11 is 0. The molecule has 0 atom stereocenters. The lowest BCUT2D eigenvalue weighted by Gasteiger charge is -2.12. The minimum Gasteiger partial charge on any atom is -0.497 e. The van der Waals surface area contributed by atoms with E-state index in [-0.39, 0.29) is 0 Å². The molecule has 0 fully saturated rings. The van der Waals surface area contributed by atoms with Crippen LogP contribution in [0.5, 0.6) is 11.5 Å². The zero-order valence-corrected chi connectivity index (χ0v) is 12.5. The number of hydrogen-bond donors (Lipinski definition) is 2. The lowest BCUT2D eigenvalue weighted by Crippen LogP contribution is -2.23. The fraction of sp³-hybridized carbons (Fsp3) is 0.267. The summed E-state index contributed by atoms with van der Waals surface area (Å²) in [6.45, 7) is 0.509. The van der Waals surface area contributed by atoms with E-state index in [0.717, 1.165) is 5.69 Å². The molecular weight excluding hydrogens is 268 g/mol. The number of nitrogens with one attached hydrogen (secondary N) is 1. The number of guanidine groups is 1. The highest BCUT2D eigenvalue weighted by Crippen LogP contribution is 2.28. The highest BCUT2D eigenvalue weighted by Gasteiger charge is 2.06. The van der Waals surface area contributed by atoms with Crippen LogP contribution in [0.2, 0.25) is 0 Å². The minimum absolute atomic E-state index is 0.322. The normalized spacial score (nSPS) is 11.3. The molecule has 1 heterocycles. The zero-order chi connectivity index (χ0) is 15.2. The molecule has 112 valence electrons. The van der Waals surface area contributed by atoms with Crippen LogP contribution in [0.15, 0.2) is 41.5 Å². The Hall–Kier alpha value is -2.63. The Morgan fingerprint density at radius 2 is 2.10 bits per heavy atom. The number of nitrogens with zero attached hydrogens (tertiary/aromatic N) is 2. The van der Waals surface area contributed by atoms with Gasteiger partial charge >= 0.3 is 0 Å². The molecule has 1 aromatic heterocycles. The molecule has 6 heteroatoms. The monoisotopic (exact) mass is 288 g/mol. The van der Waals surface area contributed by atoms with Crippen molar-refractivity contribution >= 4 is 11.6 Å². The zero-order valence-electron chi connectivity index (χ0n) is 12.5. The first kappa shape index (κ1) is 14.8. The van der Waals surface area contributed by atoms with Gasteiger partial charge in [-0.3, -0.25) is 0 Å². The van der Waals surface area contributed by atoms with Crippen LogP contribution in [0.25, 0.3) is 0 Å². The number of aromatic nitrogens is 1. The lowest BCUT2D eigenvalue weighted by atomic mass is 10.2. The smallest absolute Gasteiger partial charge is 0.193 e. The van der Waals surface area contributed by atoms with E-state index in [4.69, 9.17) is 15.2 Å². The van der Waals surface area contributed by atoms with Crippen molar-refractivity contribution in [2.24, 2.45) is 17.8 Å². The van der Waals surface area contributed by atoms with E-state index < -0.39 is 0 Å². The number of aryl methyl sites for hydroxylation is 1. The molecule has 0 aliphatic rings. The molecule has 2 aromatic rings. The first-order chi connectivity index (χ1) is 10.1. The molecule has 0 saturated carbocycles. The number of methoxy groups -OCH3 is 2. The quantitative estimate of drug-likeness (QED) is 0.651. The second kappa shape index (κ2) is 6.69. The maximum absolute atomic E-state index is 5.92. The fourth-order valence-corrected chi connectivity index (χ4v) is 1.92. The largest absolute Gasteiger partial charge is 0.497 e. The summed E-state index contributed by atoms with van der Waals surface area (Å²) in [5.41, 5.74) is 7.71. The molecular formula is C15H20N4O2. The minimum atomic E-state index is 0.322. The molecule has 0 radical (unpaired) electrons. The third-order valence-corrected chi connectivity index (χ3v) is 3.13. The summed E-state index contributed by atoms with van der Waals surface area (Å²) in [5, 5.41) is 3.03. The molecule has 2 rings (SSSR count).